The van der Waals surface area contributed by atoms with Crippen molar-refractivity contribution in [2.45, 2.75) is 32.7 Å². The van der Waals surface area contributed by atoms with Gasteiger partial charge in [0.15, 0.2) is 0 Å². The number of urea groups is 1. The summed E-state index contributed by atoms with van der Waals surface area (Å²) < 4.78 is 0. The number of anilines is 1. The molecule has 1 aliphatic heterocycles. The lowest BCUT2D eigenvalue weighted by atomic mass is 9.86. The highest BCUT2D eigenvalue weighted by molar-refractivity contribution is 5.92. The highest BCUT2D eigenvalue weighted by Crippen LogP contribution is 2.28. The summed E-state index contributed by atoms with van der Waals surface area (Å²) in [5, 5.41) is 5.57. The molecule has 2 N–H and O–H groups in total. The van der Waals surface area contributed by atoms with Gasteiger partial charge in [0.1, 0.15) is 0 Å². The Hall–Kier alpha value is -1.51. The first-order valence-corrected chi connectivity index (χ1v) is 5.15. The lowest BCUT2D eigenvalue weighted by Crippen LogP contribution is -2.33. The molecule has 1 heterocycles. The molecular weight excluding hydrogens is 188 g/mol. The molecule has 1 aliphatic rings. The smallest absolute Gasteiger partial charge is 0.319 e. The second-order valence-electron chi connectivity index (χ2n) is 4.93. The van der Waals surface area contributed by atoms with Crippen molar-refractivity contribution in [3.05, 3.63) is 29.3 Å². The largest absolute Gasteiger partial charge is 0.334 e. The third kappa shape index (κ3) is 1.96. The van der Waals surface area contributed by atoms with Crippen LogP contribution in [0, 0.1) is 0 Å². The van der Waals surface area contributed by atoms with Crippen LogP contribution in [0.4, 0.5) is 10.5 Å². The summed E-state index contributed by atoms with van der Waals surface area (Å²) in [6, 6.07) is 6.14. The minimum absolute atomic E-state index is 0.116. The molecule has 3 nitrogen and oxygen atoms in total. The molecule has 15 heavy (non-hydrogen) atoms. The van der Waals surface area contributed by atoms with E-state index in [1.54, 1.807) is 0 Å². The van der Waals surface area contributed by atoms with Crippen molar-refractivity contribution in [3.8, 4) is 0 Å². The summed E-state index contributed by atoms with van der Waals surface area (Å²) in [4.78, 5) is 11.2. The van der Waals surface area contributed by atoms with E-state index in [0.29, 0.717) is 6.54 Å². The second-order valence-corrected chi connectivity index (χ2v) is 4.93. The van der Waals surface area contributed by atoms with Crippen molar-refractivity contribution in [1.82, 2.24) is 5.32 Å². The van der Waals surface area contributed by atoms with Crippen molar-refractivity contribution in [2.24, 2.45) is 0 Å². The summed E-state index contributed by atoms with van der Waals surface area (Å²) in [5.74, 6) is 0. The standard InChI is InChI=1S/C12H16N2O/c1-12(2,3)9-5-4-8-7-13-11(15)14-10(8)6-9/h4-6H,7H2,1-3H3,(H2,13,14,15). The Balaban J connectivity index is 2.41. The van der Waals surface area contributed by atoms with Gasteiger partial charge in [0.05, 0.1) is 0 Å². The lowest BCUT2D eigenvalue weighted by molar-refractivity contribution is 0.251. The lowest BCUT2D eigenvalue weighted by Gasteiger charge is -2.24. The third-order valence-electron chi connectivity index (χ3n) is 2.66. The zero-order chi connectivity index (χ0) is 11.1. The van der Waals surface area contributed by atoms with Crippen LogP contribution in [0.5, 0.6) is 0 Å². The number of hydrogen-bond acceptors (Lipinski definition) is 1. The number of rotatable bonds is 0. The molecule has 0 radical (unpaired) electrons. The van der Waals surface area contributed by atoms with Gasteiger partial charge in [-0.05, 0) is 22.6 Å². The van der Waals surface area contributed by atoms with Crippen LogP contribution in [0.2, 0.25) is 0 Å². The molecule has 0 bridgehead atoms. The summed E-state index contributed by atoms with van der Waals surface area (Å²) in [6.07, 6.45) is 0. The molecule has 1 aromatic carbocycles. The van der Waals surface area contributed by atoms with Gasteiger partial charge in [0.25, 0.3) is 0 Å². The molecule has 0 aromatic heterocycles. The Kier molecular flexibility index (Phi) is 2.18. The molecule has 0 saturated heterocycles. The van der Waals surface area contributed by atoms with Crippen LogP contribution in [-0.2, 0) is 12.0 Å². The normalized spacial score (nSPS) is 15.3. The van der Waals surface area contributed by atoms with Crippen LogP contribution in [0.15, 0.2) is 18.2 Å². The Labute approximate surface area is 89.9 Å². The minimum Gasteiger partial charge on any atom is -0.334 e. The van der Waals surface area contributed by atoms with E-state index in [1.807, 2.05) is 0 Å². The first kappa shape index (κ1) is 10.0. The summed E-state index contributed by atoms with van der Waals surface area (Å²) in [6.45, 7) is 7.11. The SMILES string of the molecule is CC(C)(C)c1ccc2c(c1)NC(=O)NC2. The van der Waals surface area contributed by atoms with Crippen LogP contribution < -0.4 is 10.6 Å². The maximum absolute atomic E-state index is 11.2. The van der Waals surface area contributed by atoms with Gasteiger partial charge >= 0.3 is 6.03 Å². The van der Waals surface area contributed by atoms with Crippen LogP contribution in [0.1, 0.15) is 31.9 Å². The third-order valence-corrected chi connectivity index (χ3v) is 2.66. The fraction of sp³-hybridized carbons (Fsp3) is 0.417. The Bertz CT molecular complexity index is 405. The van der Waals surface area contributed by atoms with Gasteiger partial charge in [-0.3, -0.25) is 0 Å². The Morgan fingerprint density at radius 2 is 2.00 bits per heavy atom. The maximum atomic E-state index is 11.2. The van der Waals surface area contributed by atoms with Crippen LogP contribution >= 0.6 is 0 Å². The molecule has 2 rings (SSSR count). The fourth-order valence-electron chi connectivity index (χ4n) is 1.66. The number of carbonyl (C=O) groups is 1. The highest BCUT2D eigenvalue weighted by Gasteiger charge is 2.18. The van der Waals surface area contributed by atoms with Crippen molar-refractivity contribution in [3.63, 3.8) is 0 Å². The van der Waals surface area contributed by atoms with Gasteiger partial charge in [0, 0.05) is 12.2 Å². The van der Waals surface area contributed by atoms with Crippen molar-refractivity contribution < 1.29 is 4.79 Å². The van der Waals surface area contributed by atoms with Gasteiger partial charge in [0.2, 0.25) is 0 Å². The quantitative estimate of drug-likeness (QED) is 0.670. The first-order valence-electron chi connectivity index (χ1n) is 5.15. The van der Waals surface area contributed by atoms with Crippen molar-refractivity contribution >= 4 is 11.7 Å². The molecule has 3 heteroatoms. The van der Waals surface area contributed by atoms with Gasteiger partial charge in [-0.2, -0.15) is 0 Å². The monoisotopic (exact) mass is 204 g/mol. The van der Waals surface area contributed by atoms with Crippen LogP contribution in [0.3, 0.4) is 0 Å². The van der Waals surface area contributed by atoms with E-state index >= 15 is 0 Å². The van der Waals surface area contributed by atoms with E-state index in [0.717, 1.165) is 11.3 Å². The number of nitrogens with one attached hydrogen (secondary N) is 2. The predicted octanol–water partition coefficient (Wildman–Crippen LogP) is 2.62. The summed E-state index contributed by atoms with van der Waals surface area (Å²) in [5.41, 5.74) is 3.43. The van der Waals surface area contributed by atoms with E-state index in [-0.39, 0.29) is 11.4 Å². The van der Waals surface area contributed by atoms with Gasteiger partial charge in [-0.25, -0.2) is 4.79 Å². The number of carbonyl (C=O) groups excluding carboxylic acids is 1. The first-order chi connectivity index (χ1) is 6.97. The van der Waals surface area contributed by atoms with Crippen LogP contribution in [-0.4, -0.2) is 6.03 Å². The number of amides is 2. The molecule has 80 valence electrons. The second kappa shape index (κ2) is 3.26. The van der Waals surface area contributed by atoms with Gasteiger partial charge in [-0.15, -0.1) is 0 Å². The van der Waals surface area contributed by atoms with E-state index in [4.69, 9.17) is 0 Å². The molecule has 0 unspecified atom stereocenters. The van der Waals surface area contributed by atoms with E-state index in [2.05, 4.69) is 49.6 Å². The summed E-state index contributed by atoms with van der Waals surface area (Å²) in [7, 11) is 0. The number of hydrogen-bond donors (Lipinski definition) is 2. The molecule has 0 fully saturated rings. The zero-order valence-corrected chi connectivity index (χ0v) is 9.35. The fourth-order valence-corrected chi connectivity index (χ4v) is 1.66. The summed E-state index contributed by atoms with van der Waals surface area (Å²) >= 11 is 0. The van der Waals surface area contributed by atoms with Crippen molar-refractivity contribution in [1.29, 1.82) is 0 Å². The average molecular weight is 204 g/mol. The van der Waals surface area contributed by atoms with Crippen molar-refractivity contribution in [2.75, 3.05) is 5.32 Å². The van der Waals surface area contributed by atoms with E-state index in [1.165, 1.54) is 5.56 Å². The molecule has 0 saturated carbocycles. The molecule has 1 aromatic rings. The van der Waals surface area contributed by atoms with E-state index < -0.39 is 0 Å². The molecule has 0 aliphatic carbocycles. The molecular formula is C12H16N2O. The number of fused-ring (bicyclic) bond motifs is 1. The molecule has 2 amide bonds. The Morgan fingerprint density at radius 3 is 2.67 bits per heavy atom. The van der Waals surface area contributed by atoms with Gasteiger partial charge in [-0.1, -0.05) is 32.9 Å². The zero-order valence-electron chi connectivity index (χ0n) is 9.35. The van der Waals surface area contributed by atoms with Crippen LogP contribution in [0.25, 0.3) is 0 Å². The number of benzene rings is 1. The highest BCUT2D eigenvalue weighted by atomic mass is 16.2. The predicted molar refractivity (Wildman–Crippen MR) is 61.0 cm³/mol. The van der Waals surface area contributed by atoms with Gasteiger partial charge < -0.3 is 10.6 Å². The minimum atomic E-state index is -0.117. The maximum Gasteiger partial charge on any atom is 0.319 e. The molecule has 0 spiro atoms. The topological polar surface area (TPSA) is 41.1 Å². The molecule has 0 atom stereocenters. The average Bonchev–Trinajstić information content (AvgIpc) is 2.15. The Morgan fingerprint density at radius 1 is 1.27 bits per heavy atom. The van der Waals surface area contributed by atoms with E-state index in [9.17, 15) is 4.79 Å².